The molecule has 60 valence electrons. The van der Waals surface area contributed by atoms with Gasteiger partial charge in [-0.05, 0) is 12.1 Å². The van der Waals surface area contributed by atoms with Gasteiger partial charge in [-0.25, -0.2) is 5.48 Å². The minimum absolute atomic E-state index is 0. The van der Waals surface area contributed by atoms with E-state index in [-0.39, 0.29) is 42.3 Å². The van der Waals surface area contributed by atoms with Gasteiger partial charge in [0.15, 0.2) is 0 Å². The van der Waals surface area contributed by atoms with Gasteiger partial charge in [-0.2, -0.15) is 0 Å². The van der Waals surface area contributed by atoms with Crippen molar-refractivity contribution in [3.8, 4) is 5.75 Å². The van der Waals surface area contributed by atoms with Crippen molar-refractivity contribution < 1.29 is 46.1 Å². The predicted octanol–water partition coefficient (Wildman–Crippen LogP) is -2.37. The van der Waals surface area contributed by atoms with Crippen LogP contribution in [0.2, 0.25) is 0 Å². The molecule has 3 N–H and O–H groups in total. The van der Waals surface area contributed by atoms with Gasteiger partial charge in [-0.15, -0.1) is 0 Å². The number of para-hydroxylation sites is 1. The quantitative estimate of drug-likeness (QED) is 0.255. The van der Waals surface area contributed by atoms with Gasteiger partial charge < -0.3 is 6.53 Å². The van der Waals surface area contributed by atoms with Crippen molar-refractivity contribution in [3.63, 3.8) is 0 Å². The molecule has 0 saturated heterocycles. The average molecular weight is 177 g/mol. The SMILES string of the molecule is O=C(NO)c1ccccc1O.[H-].[Na+]. The molecule has 1 rings (SSSR count). The maximum absolute atomic E-state index is 10.7. The van der Waals surface area contributed by atoms with E-state index in [9.17, 15) is 4.79 Å². The Balaban J connectivity index is 0. The van der Waals surface area contributed by atoms with E-state index in [0.717, 1.165) is 0 Å². The summed E-state index contributed by atoms with van der Waals surface area (Å²) in [4.78, 5) is 10.7. The van der Waals surface area contributed by atoms with Crippen LogP contribution < -0.4 is 35.0 Å². The largest absolute Gasteiger partial charge is 1.00 e. The van der Waals surface area contributed by atoms with Crippen molar-refractivity contribution in [2.24, 2.45) is 0 Å². The van der Waals surface area contributed by atoms with Gasteiger partial charge in [0.2, 0.25) is 0 Å². The number of aromatic hydroxyl groups is 1. The zero-order valence-corrected chi connectivity index (χ0v) is 8.61. The summed E-state index contributed by atoms with van der Waals surface area (Å²) >= 11 is 0. The fraction of sp³-hybridized carbons (Fsp3) is 0. The third-order valence-corrected chi connectivity index (χ3v) is 1.25. The topological polar surface area (TPSA) is 69.6 Å². The zero-order chi connectivity index (χ0) is 8.27. The standard InChI is InChI=1S/C7H7NO3.Na.H/c9-6-4-2-1-3-5(6)7(10)8-11;;/h1-4,9,11H,(H,8,10);;/q;+1;-1. The minimum Gasteiger partial charge on any atom is -1.00 e. The van der Waals surface area contributed by atoms with Crippen LogP contribution in [0.3, 0.4) is 0 Å². The van der Waals surface area contributed by atoms with Gasteiger partial charge in [-0.3, -0.25) is 10.0 Å². The van der Waals surface area contributed by atoms with Gasteiger partial charge in [0.25, 0.3) is 5.91 Å². The average Bonchev–Trinajstić information content (AvgIpc) is 2.04. The first-order chi connectivity index (χ1) is 5.25. The van der Waals surface area contributed by atoms with Crippen LogP contribution in [0.15, 0.2) is 24.3 Å². The number of benzene rings is 1. The Kier molecular flexibility index (Phi) is 4.92. The molecule has 1 aromatic rings. The summed E-state index contributed by atoms with van der Waals surface area (Å²) < 4.78 is 0. The van der Waals surface area contributed by atoms with E-state index in [4.69, 9.17) is 10.3 Å². The summed E-state index contributed by atoms with van der Waals surface area (Å²) in [6, 6.07) is 5.94. The van der Waals surface area contributed by atoms with Gasteiger partial charge in [0.1, 0.15) is 5.75 Å². The fourth-order valence-electron chi connectivity index (χ4n) is 0.726. The molecule has 12 heavy (non-hydrogen) atoms. The molecule has 0 heterocycles. The van der Waals surface area contributed by atoms with E-state index in [1.807, 2.05) is 0 Å². The second-order valence-electron chi connectivity index (χ2n) is 1.96. The summed E-state index contributed by atoms with van der Waals surface area (Å²) in [6.45, 7) is 0. The second-order valence-corrected chi connectivity index (χ2v) is 1.96. The van der Waals surface area contributed by atoms with Crippen molar-refractivity contribution >= 4 is 5.91 Å². The number of carbonyl (C=O) groups is 1. The first-order valence-corrected chi connectivity index (χ1v) is 2.98. The van der Waals surface area contributed by atoms with E-state index < -0.39 is 5.91 Å². The van der Waals surface area contributed by atoms with Crippen molar-refractivity contribution in [1.82, 2.24) is 5.48 Å². The van der Waals surface area contributed by atoms with Crippen LogP contribution in [-0.2, 0) is 0 Å². The Morgan fingerprint density at radius 2 is 2.00 bits per heavy atom. The number of amides is 1. The van der Waals surface area contributed by atoms with Crippen LogP contribution >= 0.6 is 0 Å². The molecule has 0 fully saturated rings. The monoisotopic (exact) mass is 177 g/mol. The van der Waals surface area contributed by atoms with Gasteiger partial charge in [0, 0.05) is 0 Å². The third-order valence-electron chi connectivity index (χ3n) is 1.25. The summed E-state index contributed by atoms with van der Waals surface area (Å²) in [5, 5.41) is 17.2. The van der Waals surface area contributed by atoms with Gasteiger partial charge >= 0.3 is 29.6 Å². The second kappa shape index (κ2) is 5.16. The molecule has 0 aliphatic rings. The Hall–Kier alpha value is -0.550. The molecule has 1 aromatic carbocycles. The summed E-state index contributed by atoms with van der Waals surface area (Å²) in [5.74, 6) is -0.873. The maximum Gasteiger partial charge on any atom is 1.00 e. The smallest absolute Gasteiger partial charge is 1.00 e. The summed E-state index contributed by atoms with van der Waals surface area (Å²) in [7, 11) is 0. The van der Waals surface area contributed by atoms with Crippen LogP contribution in [0.1, 0.15) is 11.8 Å². The number of hydroxylamine groups is 1. The number of rotatable bonds is 1. The molecule has 4 nitrogen and oxygen atoms in total. The summed E-state index contributed by atoms with van der Waals surface area (Å²) in [6.07, 6.45) is 0. The molecule has 0 saturated carbocycles. The van der Waals surface area contributed by atoms with Crippen LogP contribution in [-0.4, -0.2) is 16.2 Å². The van der Waals surface area contributed by atoms with Crippen LogP contribution in [0.25, 0.3) is 0 Å². The van der Waals surface area contributed by atoms with E-state index in [1.165, 1.54) is 17.6 Å². The Labute approximate surface area is 92.9 Å². The summed E-state index contributed by atoms with van der Waals surface area (Å²) in [5.41, 5.74) is 1.47. The van der Waals surface area contributed by atoms with Gasteiger partial charge in [-0.1, -0.05) is 12.1 Å². The number of nitrogens with one attached hydrogen (secondary N) is 1. The molecular formula is C7H8NNaO3. The van der Waals surface area contributed by atoms with Gasteiger partial charge in [0.05, 0.1) is 5.56 Å². The molecule has 1 amide bonds. The molecular weight excluding hydrogens is 169 g/mol. The normalized spacial score (nSPS) is 8.42. The maximum atomic E-state index is 10.7. The minimum atomic E-state index is -0.719. The molecule has 0 bridgehead atoms. The zero-order valence-electron chi connectivity index (χ0n) is 7.61. The number of hydrogen-bond acceptors (Lipinski definition) is 3. The van der Waals surface area contributed by atoms with Crippen molar-refractivity contribution in [2.45, 2.75) is 0 Å². The molecule has 5 heteroatoms. The first-order valence-electron chi connectivity index (χ1n) is 2.98. The first kappa shape index (κ1) is 11.4. The molecule has 0 radical (unpaired) electrons. The van der Waals surface area contributed by atoms with Crippen LogP contribution in [0.5, 0.6) is 5.75 Å². The van der Waals surface area contributed by atoms with Crippen molar-refractivity contribution in [3.05, 3.63) is 29.8 Å². The molecule has 0 aliphatic heterocycles. The number of phenols is 1. The Morgan fingerprint density at radius 3 is 2.50 bits per heavy atom. The number of hydrogen-bond donors (Lipinski definition) is 3. The van der Waals surface area contributed by atoms with Crippen LogP contribution in [0.4, 0.5) is 0 Å². The van der Waals surface area contributed by atoms with E-state index >= 15 is 0 Å². The van der Waals surface area contributed by atoms with Crippen molar-refractivity contribution in [1.29, 1.82) is 0 Å². The van der Waals surface area contributed by atoms with Crippen LogP contribution in [0, 0.1) is 0 Å². The van der Waals surface area contributed by atoms with Crippen molar-refractivity contribution in [2.75, 3.05) is 0 Å². The Morgan fingerprint density at radius 1 is 1.42 bits per heavy atom. The number of phenolic OH excluding ortho intramolecular Hbond substituents is 1. The predicted molar refractivity (Wildman–Crippen MR) is 38.5 cm³/mol. The molecule has 0 unspecified atom stereocenters. The molecule has 0 aromatic heterocycles. The fourth-order valence-corrected chi connectivity index (χ4v) is 0.726. The molecule has 0 spiro atoms. The van der Waals surface area contributed by atoms with E-state index in [1.54, 1.807) is 12.1 Å². The number of carbonyl (C=O) groups excluding carboxylic acids is 1. The Bertz CT molecular complexity index is 282. The van der Waals surface area contributed by atoms with E-state index in [0.29, 0.717) is 0 Å². The molecule has 0 atom stereocenters. The van der Waals surface area contributed by atoms with E-state index in [2.05, 4.69) is 0 Å². The third kappa shape index (κ3) is 2.49. The molecule has 0 aliphatic carbocycles.